The molecule has 3 aromatic heterocycles. The van der Waals surface area contributed by atoms with Gasteiger partial charge < -0.3 is 4.57 Å². The number of hydrogen-bond donors (Lipinski definition) is 0. The number of nitrogens with zero attached hydrogens (tertiary/aromatic N) is 3. The average Bonchev–Trinajstić information content (AvgIpc) is 3.34. The van der Waals surface area contributed by atoms with Crippen LogP contribution < -0.4 is 5.56 Å². The predicted octanol–water partition coefficient (Wildman–Crippen LogP) is 2.75. The van der Waals surface area contributed by atoms with Crippen molar-refractivity contribution in [3.8, 4) is 0 Å². The van der Waals surface area contributed by atoms with Crippen molar-refractivity contribution in [1.82, 2.24) is 14.1 Å². The number of hydrogen-bond acceptors (Lipinski definition) is 7. The van der Waals surface area contributed by atoms with Crippen molar-refractivity contribution in [2.75, 3.05) is 17.3 Å². The molecule has 0 aromatic carbocycles. The summed E-state index contributed by atoms with van der Waals surface area (Å²) >= 11 is 2.60. The molecule has 0 spiro atoms. The second-order valence-corrected chi connectivity index (χ2v) is 11.4. The molecule has 10 heteroatoms. The van der Waals surface area contributed by atoms with E-state index in [9.17, 15) is 18.0 Å². The van der Waals surface area contributed by atoms with Crippen molar-refractivity contribution >= 4 is 48.9 Å². The Morgan fingerprint density at radius 2 is 2.14 bits per heavy atom. The van der Waals surface area contributed by atoms with Gasteiger partial charge in [-0.3, -0.25) is 14.2 Å². The zero-order chi connectivity index (χ0) is 20.9. The van der Waals surface area contributed by atoms with Gasteiger partial charge in [-0.1, -0.05) is 11.8 Å². The van der Waals surface area contributed by atoms with E-state index in [4.69, 9.17) is 0 Å². The summed E-state index contributed by atoms with van der Waals surface area (Å²) in [7, 11) is -1.35. The van der Waals surface area contributed by atoms with E-state index in [1.165, 1.54) is 27.7 Å². The van der Waals surface area contributed by atoms with Crippen molar-refractivity contribution in [3.63, 3.8) is 0 Å². The van der Waals surface area contributed by atoms with Gasteiger partial charge in [0.1, 0.15) is 4.70 Å². The first-order valence-electron chi connectivity index (χ1n) is 9.17. The Hall–Kier alpha value is -1.91. The number of thiophene rings is 1. The van der Waals surface area contributed by atoms with Gasteiger partial charge in [0.15, 0.2) is 20.8 Å². The fourth-order valence-corrected chi connectivity index (χ4v) is 7.27. The number of ketones is 1. The topological polar surface area (TPSA) is 91.0 Å². The van der Waals surface area contributed by atoms with Crippen molar-refractivity contribution in [3.05, 3.63) is 44.8 Å². The maximum Gasteiger partial charge on any atom is 0.271 e. The Balaban J connectivity index is 1.56. The third-order valence-electron chi connectivity index (χ3n) is 5.34. The molecular formula is C19H21N3O4S3. The molecule has 0 N–H and O–H groups in total. The number of aromatic nitrogens is 3. The molecule has 1 atom stereocenters. The van der Waals surface area contributed by atoms with Crippen molar-refractivity contribution in [2.45, 2.75) is 31.5 Å². The first-order chi connectivity index (χ1) is 13.7. The lowest BCUT2D eigenvalue weighted by Gasteiger charge is -2.16. The SMILES string of the molecule is Cc1cc(C(=O)CSc2nc3ccsc3c(=O)n2C)c(C)n1C1CCS(=O)(=O)C1. The van der Waals surface area contributed by atoms with E-state index >= 15 is 0 Å². The van der Waals surface area contributed by atoms with Crippen LogP contribution in [-0.4, -0.2) is 45.6 Å². The van der Waals surface area contributed by atoms with Crippen LogP contribution in [0.1, 0.15) is 34.2 Å². The number of Topliss-reactive ketones (excluding diaryl/α,β-unsaturated/α-hetero) is 1. The van der Waals surface area contributed by atoms with E-state index in [2.05, 4.69) is 4.98 Å². The van der Waals surface area contributed by atoms with Crippen LogP contribution >= 0.6 is 23.1 Å². The molecule has 0 amide bonds. The van der Waals surface area contributed by atoms with Gasteiger partial charge in [0.25, 0.3) is 5.56 Å². The summed E-state index contributed by atoms with van der Waals surface area (Å²) in [6.45, 7) is 3.76. The molecule has 1 unspecified atom stereocenters. The minimum absolute atomic E-state index is 0.0603. The van der Waals surface area contributed by atoms with Crippen molar-refractivity contribution in [1.29, 1.82) is 0 Å². The van der Waals surface area contributed by atoms with Gasteiger partial charge in [0.05, 0.1) is 22.8 Å². The first kappa shape index (κ1) is 20.4. The molecule has 0 aliphatic carbocycles. The van der Waals surface area contributed by atoms with Crippen LogP contribution in [-0.2, 0) is 16.9 Å². The molecule has 1 aliphatic rings. The lowest BCUT2D eigenvalue weighted by molar-refractivity contribution is 0.102. The lowest BCUT2D eigenvalue weighted by atomic mass is 10.2. The third-order valence-corrected chi connectivity index (χ3v) is 9.01. The maximum absolute atomic E-state index is 12.9. The summed E-state index contributed by atoms with van der Waals surface area (Å²) < 4.78 is 27.8. The van der Waals surface area contributed by atoms with Gasteiger partial charge in [-0.15, -0.1) is 11.3 Å². The van der Waals surface area contributed by atoms with E-state index in [1.54, 1.807) is 13.1 Å². The highest BCUT2D eigenvalue weighted by atomic mass is 32.2. The fourth-order valence-electron chi connectivity index (χ4n) is 3.91. The Bertz CT molecular complexity index is 1280. The molecule has 4 rings (SSSR count). The molecule has 4 heterocycles. The predicted molar refractivity (Wildman–Crippen MR) is 116 cm³/mol. The third kappa shape index (κ3) is 3.69. The van der Waals surface area contributed by atoms with Crippen molar-refractivity contribution in [2.24, 2.45) is 7.05 Å². The Kier molecular flexibility index (Phi) is 5.20. The van der Waals surface area contributed by atoms with E-state index in [0.29, 0.717) is 27.4 Å². The maximum atomic E-state index is 12.9. The minimum atomic E-state index is -3.01. The monoisotopic (exact) mass is 451 g/mol. The lowest BCUT2D eigenvalue weighted by Crippen LogP contribution is -2.19. The van der Waals surface area contributed by atoms with Crippen molar-refractivity contribution < 1.29 is 13.2 Å². The van der Waals surface area contributed by atoms with Gasteiger partial charge in [-0.25, -0.2) is 13.4 Å². The molecule has 1 fully saturated rings. The summed E-state index contributed by atoms with van der Waals surface area (Å²) in [6.07, 6.45) is 0.577. The summed E-state index contributed by atoms with van der Waals surface area (Å²) in [5.74, 6) is 0.412. The number of sulfone groups is 1. The quantitative estimate of drug-likeness (QED) is 0.337. The standard InChI is InChI=1S/C19H21N3O4S3/c1-11-8-14(12(2)22(11)13-5-7-29(25,26)10-13)16(23)9-28-19-20-15-4-6-27-17(15)18(24)21(19)3/h4,6,8,13H,5,7,9-10H2,1-3H3. The van der Waals surface area contributed by atoms with Gasteiger partial charge >= 0.3 is 0 Å². The van der Waals surface area contributed by atoms with Crippen LogP contribution in [0.3, 0.4) is 0 Å². The van der Waals surface area contributed by atoms with Gasteiger partial charge in [0, 0.05) is 30.0 Å². The van der Waals surface area contributed by atoms with Gasteiger partial charge in [-0.2, -0.15) is 0 Å². The molecule has 1 saturated heterocycles. The summed E-state index contributed by atoms with van der Waals surface area (Å²) in [5, 5.41) is 2.33. The van der Waals surface area contributed by atoms with E-state index in [0.717, 1.165) is 11.4 Å². The zero-order valence-corrected chi connectivity index (χ0v) is 18.8. The Morgan fingerprint density at radius 1 is 1.38 bits per heavy atom. The molecule has 29 heavy (non-hydrogen) atoms. The molecule has 1 aliphatic heterocycles. The molecule has 0 bridgehead atoms. The van der Waals surface area contributed by atoms with E-state index in [1.807, 2.05) is 29.9 Å². The van der Waals surface area contributed by atoms with Gasteiger partial charge in [-0.05, 0) is 37.8 Å². The van der Waals surface area contributed by atoms with Crippen LogP contribution in [0.15, 0.2) is 27.5 Å². The number of rotatable bonds is 5. The number of carbonyl (C=O) groups excluding carboxylic acids is 1. The molecular weight excluding hydrogens is 430 g/mol. The Labute approximate surface area is 176 Å². The number of fused-ring (bicyclic) bond motifs is 1. The second-order valence-electron chi connectivity index (χ2n) is 7.32. The summed E-state index contributed by atoms with van der Waals surface area (Å²) in [4.78, 5) is 29.8. The zero-order valence-electron chi connectivity index (χ0n) is 16.3. The van der Waals surface area contributed by atoms with E-state index in [-0.39, 0.29) is 34.6 Å². The number of aryl methyl sites for hydroxylation is 1. The van der Waals surface area contributed by atoms with E-state index < -0.39 is 9.84 Å². The minimum Gasteiger partial charge on any atom is -0.344 e. The van der Waals surface area contributed by atoms with Crippen LogP contribution in [0.5, 0.6) is 0 Å². The smallest absolute Gasteiger partial charge is 0.271 e. The number of carbonyl (C=O) groups is 1. The largest absolute Gasteiger partial charge is 0.344 e. The molecule has 0 saturated carbocycles. The average molecular weight is 452 g/mol. The fraction of sp³-hybridized carbons (Fsp3) is 0.421. The molecule has 154 valence electrons. The van der Waals surface area contributed by atoms with Crippen LogP contribution in [0.25, 0.3) is 10.2 Å². The normalized spacial score (nSPS) is 18.5. The summed E-state index contributed by atoms with van der Waals surface area (Å²) in [6, 6.07) is 3.52. The van der Waals surface area contributed by atoms with Crippen LogP contribution in [0, 0.1) is 13.8 Å². The number of thioether (sulfide) groups is 1. The second kappa shape index (κ2) is 7.41. The molecule has 0 radical (unpaired) electrons. The first-order valence-corrected chi connectivity index (χ1v) is 12.9. The summed E-state index contributed by atoms with van der Waals surface area (Å²) in [5.41, 5.74) is 2.82. The molecule has 3 aromatic rings. The van der Waals surface area contributed by atoms with Crippen LogP contribution in [0.4, 0.5) is 0 Å². The highest BCUT2D eigenvalue weighted by Gasteiger charge is 2.31. The van der Waals surface area contributed by atoms with Gasteiger partial charge in [0.2, 0.25) is 0 Å². The molecule has 7 nitrogen and oxygen atoms in total. The van der Waals surface area contributed by atoms with Crippen LogP contribution in [0.2, 0.25) is 0 Å². The highest BCUT2D eigenvalue weighted by molar-refractivity contribution is 7.99. The highest BCUT2D eigenvalue weighted by Crippen LogP contribution is 2.30. The Morgan fingerprint density at radius 3 is 2.83 bits per heavy atom.